The molecule has 6 nitrogen and oxygen atoms in total. The van der Waals surface area contributed by atoms with E-state index < -0.39 is 5.97 Å². The number of nitrogens with zero attached hydrogens (tertiary/aromatic N) is 3. The summed E-state index contributed by atoms with van der Waals surface area (Å²) < 4.78 is 1.69. The van der Waals surface area contributed by atoms with E-state index in [0.29, 0.717) is 12.4 Å². The Bertz CT molecular complexity index is 766. The maximum atomic E-state index is 11.1. The topological polar surface area (TPSA) is 80.0 Å². The molecule has 0 aliphatic heterocycles. The van der Waals surface area contributed by atoms with Crippen molar-refractivity contribution in [1.29, 1.82) is 0 Å². The predicted molar refractivity (Wildman–Crippen MR) is 74.6 cm³/mol. The molecule has 1 heterocycles. The van der Waals surface area contributed by atoms with Gasteiger partial charge in [-0.2, -0.15) is 0 Å². The van der Waals surface area contributed by atoms with Crippen molar-refractivity contribution < 1.29 is 9.90 Å². The minimum atomic E-state index is -0.962. The lowest BCUT2D eigenvalue weighted by Gasteiger charge is -2.09. The van der Waals surface area contributed by atoms with E-state index in [0.717, 1.165) is 11.0 Å². The Labute approximate surface area is 114 Å². The maximum Gasteiger partial charge on any atom is 0.337 e. The number of carbonyl (C=O) groups is 1. The number of nitrogens with one attached hydrogen (secondary N) is 1. The normalized spacial score (nSPS) is 10.6. The quantitative estimate of drug-likeness (QED) is 0.758. The number of rotatable bonds is 4. The summed E-state index contributed by atoms with van der Waals surface area (Å²) in [5, 5.41) is 20.3. The average molecular weight is 268 g/mol. The number of anilines is 1. The molecule has 0 amide bonds. The van der Waals surface area contributed by atoms with Crippen molar-refractivity contribution in [2.45, 2.75) is 6.67 Å². The maximum absolute atomic E-state index is 11.1. The van der Waals surface area contributed by atoms with E-state index in [2.05, 4.69) is 15.6 Å². The molecule has 0 fully saturated rings. The number of aromatic carboxylic acids is 1. The van der Waals surface area contributed by atoms with E-state index in [4.69, 9.17) is 5.11 Å². The van der Waals surface area contributed by atoms with Crippen molar-refractivity contribution in [1.82, 2.24) is 15.0 Å². The van der Waals surface area contributed by atoms with Gasteiger partial charge in [0, 0.05) is 0 Å². The van der Waals surface area contributed by atoms with E-state index in [1.807, 2.05) is 24.3 Å². The van der Waals surface area contributed by atoms with Crippen molar-refractivity contribution in [2.75, 3.05) is 5.32 Å². The predicted octanol–water partition coefficient (Wildman–Crippen LogP) is 2.20. The Hall–Kier alpha value is -2.89. The van der Waals surface area contributed by atoms with Gasteiger partial charge in [0.05, 0.1) is 16.8 Å². The number of para-hydroxylation sites is 2. The molecule has 1 aromatic heterocycles. The standard InChI is InChI=1S/C14H12N4O2/c19-14(20)10-5-1-2-6-11(10)15-9-18-13-8-4-3-7-12(13)16-17-18/h1-8,15H,9H2,(H,19,20). The van der Waals surface area contributed by atoms with Crippen LogP contribution in [-0.4, -0.2) is 26.1 Å². The molecule has 6 heteroatoms. The van der Waals surface area contributed by atoms with E-state index in [9.17, 15) is 4.79 Å². The molecule has 3 rings (SSSR count). The first kappa shape index (κ1) is 12.2. The first-order chi connectivity index (χ1) is 9.75. The highest BCUT2D eigenvalue weighted by Gasteiger charge is 2.09. The van der Waals surface area contributed by atoms with E-state index in [1.165, 1.54) is 0 Å². The Kier molecular flexibility index (Phi) is 3.04. The largest absolute Gasteiger partial charge is 0.478 e. The smallest absolute Gasteiger partial charge is 0.337 e. The van der Waals surface area contributed by atoms with Gasteiger partial charge in [0.15, 0.2) is 0 Å². The number of carboxylic acids is 1. The molecule has 0 spiro atoms. The molecule has 0 bridgehead atoms. The average Bonchev–Trinajstić information content (AvgIpc) is 2.88. The fourth-order valence-electron chi connectivity index (χ4n) is 2.02. The molecule has 2 aromatic carbocycles. The van der Waals surface area contributed by atoms with Gasteiger partial charge < -0.3 is 10.4 Å². The van der Waals surface area contributed by atoms with Gasteiger partial charge in [0.25, 0.3) is 0 Å². The van der Waals surface area contributed by atoms with Crippen LogP contribution in [0.4, 0.5) is 5.69 Å². The van der Waals surface area contributed by atoms with Crippen LogP contribution >= 0.6 is 0 Å². The highest BCUT2D eigenvalue weighted by atomic mass is 16.4. The summed E-state index contributed by atoms with van der Waals surface area (Å²) in [6.07, 6.45) is 0. The second kappa shape index (κ2) is 5.00. The number of carboxylic acid groups (broad SMARTS) is 1. The lowest BCUT2D eigenvalue weighted by Crippen LogP contribution is -2.12. The summed E-state index contributed by atoms with van der Waals surface area (Å²) >= 11 is 0. The number of hydrogen-bond acceptors (Lipinski definition) is 4. The van der Waals surface area contributed by atoms with Crippen molar-refractivity contribution in [3.05, 3.63) is 54.1 Å². The molecule has 0 radical (unpaired) electrons. The summed E-state index contributed by atoms with van der Waals surface area (Å²) in [6, 6.07) is 14.4. The highest BCUT2D eigenvalue weighted by Crippen LogP contribution is 2.16. The summed E-state index contributed by atoms with van der Waals surface area (Å²) in [6.45, 7) is 0.352. The molecule has 0 atom stereocenters. The number of aromatic nitrogens is 3. The molecule has 3 aromatic rings. The van der Waals surface area contributed by atoms with Crippen LogP contribution in [0.2, 0.25) is 0 Å². The first-order valence-corrected chi connectivity index (χ1v) is 6.10. The van der Waals surface area contributed by atoms with Crippen LogP contribution in [0.1, 0.15) is 10.4 Å². The van der Waals surface area contributed by atoms with Crippen LogP contribution in [0.5, 0.6) is 0 Å². The lowest BCUT2D eigenvalue weighted by atomic mass is 10.2. The summed E-state index contributed by atoms with van der Waals surface area (Å²) in [5.41, 5.74) is 2.49. The fraction of sp³-hybridized carbons (Fsp3) is 0.0714. The third-order valence-electron chi connectivity index (χ3n) is 3.00. The highest BCUT2D eigenvalue weighted by molar-refractivity contribution is 5.94. The van der Waals surface area contributed by atoms with E-state index in [-0.39, 0.29) is 5.56 Å². The molecule has 0 aliphatic carbocycles. The van der Waals surface area contributed by atoms with Crippen molar-refractivity contribution in [3.8, 4) is 0 Å². The Balaban J connectivity index is 1.85. The van der Waals surface area contributed by atoms with E-state index in [1.54, 1.807) is 28.9 Å². The fourth-order valence-corrected chi connectivity index (χ4v) is 2.02. The van der Waals surface area contributed by atoms with Crippen LogP contribution in [0.3, 0.4) is 0 Å². The Morgan fingerprint density at radius 2 is 1.90 bits per heavy atom. The van der Waals surface area contributed by atoms with Gasteiger partial charge in [-0.1, -0.05) is 29.5 Å². The third-order valence-corrected chi connectivity index (χ3v) is 3.00. The van der Waals surface area contributed by atoms with Gasteiger partial charge in [-0.15, -0.1) is 5.10 Å². The van der Waals surface area contributed by atoms with Crippen molar-refractivity contribution in [2.24, 2.45) is 0 Å². The van der Waals surface area contributed by atoms with Crippen LogP contribution in [0.25, 0.3) is 11.0 Å². The van der Waals surface area contributed by atoms with Crippen molar-refractivity contribution in [3.63, 3.8) is 0 Å². The van der Waals surface area contributed by atoms with Gasteiger partial charge in [-0.25, -0.2) is 9.48 Å². The van der Waals surface area contributed by atoms with Gasteiger partial charge >= 0.3 is 5.97 Å². The Morgan fingerprint density at radius 3 is 2.75 bits per heavy atom. The van der Waals surface area contributed by atoms with Crippen LogP contribution < -0.4 is 5.32 Å². The molecule has 0 saturated carbocycles. The number of fused-ring (bicyclic) bond motifs is 1. The lowest BCUT2D eigenvalue weighted by molar-refractivity contribution is 0.0698. The summed E-state index contributed by atoms with van der Waals surface area (Å²) in [4.78, 5) is 11.1. The SMILES string of the molecule is O=C(O)c1ccccc1NCn1nnc2ccccc21. The Morgan fingerprint density at radius 1 is 1.15 bits per heavy atom. The second-order valence-corrected chi connectivity index (χ2v) is 4.26. The van der Waals surface area contributed by atoms with Gasteiger partial charge in [-0.05, 0) is 24.3 Å². The number of benzene rings is 2. The van der Waals surface area contributed by atoms with Crippen LogP contribution in [-0.2, 0) is 6.67 Å². The molecule has 0 saturated heterocycles. The molecule has 20 heavy (non-hydrogen) atoms. The molecule has 2 N–H and O–H groups in total. The second-order valence-electron chi connectivity index (χ2n) is 4.26. The molecule has 0 aliphatic rings. The zero-order chi connectivity index (χ0) is 13.9. The third kappa shape index (κ3) is 2.18. The zero-order valence-electron chi connectivity index (χ0n) is 10.5. The van der Waals surface area contributed by atoms with Gasteiger partial charge in [0.1, 0.15) is 12.2 Å². The van der Waals surface area contributed by atoms with Crippen LogP contribution in [0, 0.1) is 0 Å². The number of hydrogen-bond donors (Lipinski definition) is 2. The summed E-state index contributed by atoms with van der Waals surface area (Å²) in [5.74, 6) is -0.962. The molecule has 100 valence electrons. The van der Waals surface area contributed by atoms with Crippen molar-refractivity contribution >= 4 is 22.7 Å². The molecular weight excluding hydrogens is 256 g/mol. The monoisotopic (exact) mass is 268 g/mol. The first-order valence-electron chi connectivity index (χ1n) is 6.10. The van der Waals surface area contributed by atoms with Gasteiger partial charge in [0.2, 0.25) is 0 Å². The van der Waals surface area contributed by atoms with E-state index >= 15 is 0 Å². The van der Waals surface area contributed by atoms with Crippen LogP contribution in [0.15, 0.2) is 48.5 Å². The summed E-state index contributed by atoms with van der Waals surface area (Å²) in [7, 11) is 0. The zero-order valence-corrected chi connectivity index (χ0v) is 10.5. The molecular formula is C14H12N4O2. The molecule has 0 unspecified atom stereocenters. The minimum Gasteiger partial charge on any atom is -0.478 e. The van der Waals surface area contributed by atoms with Gasteiger partial charge in [-0.3, -0.25) is 0 Å². The minimum absolute atomic E-state index is 0.233.